The molecule has 6 N–H and O–H groups in total. The molecular formula is C11H26O7. The van der Waals surface area contributed by atoms with E-state index in [9.17, 15) is 0 Å². The van der Waals surface area contributed by atoms with Crippen LogP contribution in [0.1, 0.15) is 6.92 Å². The molecule has 1 saturated heterocycles. The Balaban J connectivity index is -0.000000264. The van der Waals surface area contributed by atoms with Crippen molar-refractivity contribution < 1.29 is 35.4 Å². The van der Waals surface area contributed by atoms with Gasteiger partial charge in [-0.3, -0.25) is 0 Å². The summed E-state index contributed by atoms with van der Waals surface area (Å²) in [6.45, 7) is 6.45. The summed E-state index contributed by atoms with van der Waals surface area (Å²) in [4.78, 5) is 0. The number of aliphatic hydroxyl groups excluding tert-OH is 4. The first-order valence-corrected chi connectivity index (χ1v) is 5.42. The quantitative estimate of drug-likeness (QED) is 0.329. The molecule has 1 aliphatic heterocycles. The van der Waals surface area contributed by atoms with Crippen molar-refractivity contribution in [1.29, 1.82) is 0 Å². The molecule has 112 valence electrons. The molecule has 7 nitrogen and oxygen atoms in total. The van der Waals surface area contributed by atoms with E-state index in [0.717, 1.165) is 13.2 Å². The second-order valence-electron chi connectivity index (χ2n) is 3.23. The Labute approximate surface area is 108 Å². The largest absolute Gasteiger partial charge is 0.412 e. The third-order valence-electron chi connectivity index (χ3n) is 1.25. The van der Waals surface area contributed by atoms with Crippen molar-refractivity contribution in [2.24, 2.45) is 0 Å². The van der Waals surface area contributed by atoms with Crippen LogP contribution in [0.15, 0.2) is 12.7 Å². The third kappa shape index (κ3) is 29.5. The molecule has 1 rings (SSSR count). The fourth-order valence-electron chi connectivity index (χ4n) is 0.446. The van der Waals surface area contributed by atoms with E-state index >= 15 is 0 Å². The van der Waals surface area contributed by atoms with Crippen LogP contribution in [0.4, 0.5) is 0 Å². The van der Waals surface area contributed by atoms with Crippen LogP contribution < -0.4 is 0 Å². The molecule has 0 amide bonds. The van der Waals surface area contributed by atoms with Gasteiger partial charge in [0.05, 0.1) is 39.6 Å². The lowest BCUT2D eigenvalue weighted by atomic mass is 10.4. The first-order valence-electron chi connectivity index (χ1n) is 5.42. The second kappa shape index (κ2) is 18.8. The van der Waals surface area contributed by atoms with E-state index in [-0.39, 0.29) is 31.9 Å². The monoisotopic (exact) mass is 270 g/mol. The van der Waals surface area contributed by atoms with Crippen LogP contribution in [-0.2, 0) is 9.47 Å². The lowest BCUT2D eigenvalue weighted by Crippen LogP contribution is -2.25. The van der Waals surface area contributed by atoms with Gasteiger partial charge in [0, 0.05) is 0 Å². The zero-order valence-corrected chi connectivity index (χ0v) is 10.8. The van der Waals surface area contributed by atoms with Gasteiger partial charge in [-0.25, -0.2) is 0 Å². The molecule has 0 aromatic heterocycles. The van der Waals surface area contributed by atoms with Crippen LogP contribution in [-0.4, -0.2) is 77.8 Å². The zero-order chi connectivity index (χ0) is 13.5. The highest BCUT2D eigenvalue weighted by Crippen LogP contribution is 1.87. The van der Waals surface area contributed by atoms with Crippen molar-refractivity contribution in [3.8, 4) is 0 Å². The Morgan fingerprint density at radius 2 is 1.44 bits per heavy atom. The fraction of sp³-hybridized carbons (Fsp3) is 0.818. The fourth-order valence-corrected chi connectivity index (χ4v) is 0.446. The molecular weight excluding hydrogens is 244 g/mol. The van der Waals surface area contributed by atoms with Crippen LogP contribution in [0.2, 0.25) is 0 Å². The number of hydrogen-bond acceptors (Lipinski definition) is 6. The standard InChI is InChI=1S/C6H14O5.C3H6.C2H4O.H2O/c7-1-5(9)3-11-4-6(10)2-8;1-3-2;1-2-3-1;/h5-10H,1-4H2;3H,1H2,2H3;1-2H2;1H2. The summed E-state index contributed by atoms with van der Waals surface area (Å²) in [5, 5.41) is 34.1. The average molecular weight is 270 g/mol. The average Bonchev–Trinajstić information content (AvgIpc) is 3.17. The van der Waals surface area contributed by atoms with Crippen molar-refractivity contribution in [1.82, 2.24) is 0 Å². The number of ether oxygens (including phenoxy) is 2. The minimum Gasteiger partial charge on any atom is -0.412 e. The lowest BCUT2D eigenvalue weighted by Gasteiger charge is -2.10. The van der Waals surface area contributed by atoms with Gasteiger partial charge in [-0.2, -0.15) is 0 Å². The van der Waals surface area contributed by atoms with Crippen molar-refractivity contribution in [2.75, 3.05) is 39.6 Å². The zero-order valence-electron chi connectivity index (χ0n) is 10.8. The molecule has 0 bridgehead atoms. The van der Waals surface area contributed by atoms with E-state index in [1.165, 1.54) is 0 Å². The highest BCUT2D eigenvalue weighted by Gasteiger charge is 2.04. The lowest BCUT2D eigenvalue weighted by molar-refractivity contribution is -0.0364. The summed E-state index contributed by atoms with van der Waals surface area (Å²) in [7, 11) is 0. The Morgan fingerprint density at radius 3 is 1.61 bits per heavy atom. The molecule has 0 spiro atoms. The Hall–Kier alpha value is -0.540. The van der Waals surface area contributed by atoms with E-state index in [4.69, 9.17) is 25.2 Å². The predicted octanol–water partition coefficient (Wildman–Crippen LogP) is -1.91. The Morgan fingerprint density at radius 1 is 1.17 bits per heavy atom. The maximum atomic E-state index is 8.72. The van der Waals surface area contributed by atoms with Crippen LogP contribution >= 0.6 is 0 Å². The summed E-state index contributed by atoms with van der Waals surface area (Å²) >= 11 is 0. The number of hydrogen-bond donors (Lipinski definition) is 4. The molecule has 1 heterocycles. The summed E-state index contributed by atoms with van der Waals surface area (Å²) in [6.07, 6.45) is -0.0817. The summed E-state index contributed by atoms with van der Waals surface area (Å²) in [5.41, 5.74) is 0. The number of epoxide rings is 1. The number of aliphatic hydroxyl groups is 4. The predicted molar refractivity (Wildman–Crippen MR) is 67.3 cm³/mol. The molecule has 0 aromatic rings. The SMILES string of the molecule is C1CO1.C=CC.O.OCC(O)COCC(O)CO. The van der Waals surface area contributed by atoms with Crippen molar-refractivity contribution >= 4 is 0 Å². The molecule has 7 heteroatoms. The van der Waals surface area contributed by atoms with Gasteiger partial charge in [0.15, 0.2) is 0 Å². The molecule has 2 atom stereocenters. The first kappa shape index (κ1) is 22.6. The summed E-state index contributed by atoms with van der Waals surface area (Å²) < 4.78 is 9.22. The first-order chi connectivity index (χ1) is 8.12. The smallest absolute Gasteiger partial charge is 0.100 e. The van der Waals surface area contributed by atoms with Gasteiger partial charge in [0.2, 0.25) is 0 Å². The maximum Gasteiger partial charge on any atom is 0.100 e. The van der Waals surface area contributed by atoms with Gasteiger partial charge >= 0.3 is 0 Å². The molecule has 0 aromatic carbocycles. The molecule has 0 radical (unpaired) electrons. The van der Waals surface area contributed by atoms with Crippen LogP contribution in [0.3, 0.4) is 0 Å². The van der Waals surface area contributed by atoms with Gasteiger partial charge in [-0.05, 0) is 6.92 Å². The van der Waals surface area contributed by atoms with E-state index < -0.39 is 12.2 Å². The topological polar surface area (TPSA) is 134 Å². The van der Waals surface area contributed by atoms with Gasteiger partial charge < -0.3 is 35.4 Å². The highest BCUT2D eigenvalue weighted by molar-refractivity contribution is 4.53. The summed E-state index contributed by atoms with van der Waals surface area (Å²) in [6, 6.07) is 0. The third-order valence-corrected chi connectivity index (χ3v) is 1.25. The van der Waals surface area contributed by atoms with Gasteiger partial charge in [-0.15, -0.1) is 6.58 Å². The molecule has 1 aliphatic rings. The van der Waals surface area contributed by atoms with Gasteiger partial charge in [0.1, 0.15) is 12.2 Å². The van der Waals surface area contributed by atoms with Gasteiger partial charge in [0.25, 0.3) is 0 Å². The van der Waals surface area contributed by atoms with Crippen molar-refractivity contribution in [2.45, 2.75) is 19.1 Å². The normalized spacial score (nSPS) is 14.7. The second-order valence-corrected chi connectivity index (χ2v) is 3.23. The molecule has 0 saturated carbocycles. The molecule has 18 heavy (non-hydrogen) atoms. The van der Waals surface area contributed by atoms with E-state index in [0.29, 0.717) is 0 Å². The van der Waals surface area contributed by atoms with Crippen LogP contribution in [0.25, 0.3) is 0 Å². The van der Waals surface area contributed by atoms with Crippen LogP contribution in [0, 0.1) is 0 Å². The Bertz CT molecular complexity index is 140. The van der Waals surface area contributed by atoms with E-state index in [2.05, 4.69) is 11.3 Å². The molecule has 1 fully saturated rings. The number of allylic oxidation sites excluding steroid dienone is 1. The van der Waals surface area contributed by atoms with Gasteiger partial charge in [-0.1, -0.05) is 6.08 Å². The van der Waals surface area contributed by atoms with E-state index in [1.54, 1.807) is 6.08 Å². The Kier molecular flexibility index (Phi) is 23.6. The number of rotatable bonds is 6. The minimum atomic E-state index is -0.916. The van der Waals surface area contributed by atoms with Crippen molar-refractivity contribution in [3.63, 3.8) is 0 Å². The highest BCUT2D eigenvalue weighted by atomic mass is 16.6. The summed E-state index contributed by atoms with van der Waals surface area (Å²) in [5.74, 6) is 0. The maximum absolute atomic E-state index is 8.72. The minimum absolute atomic E-state index is 0. The van der Waals surface area contributed by atoms with Crippen molar-refractivity contribution in [3.05, 3.63) is 12.7 Å². The van der Waals surface area contributed by atoms with E-state index in [1.807, 2.05) is 6.92 Å². The molecule has 0 aliphatic carbocycles. The molecule has 2 unspecified atom stereocenters. The van der Waals surface area contributed by atoms with Crippen LogP contribution in [0.5, 0.6) is 0 Å².